The quantitative estimate of drug-likeness (QED) is 0.706. The Balaban J connectivity index is 2.29. The SMILES string of the molecule is CCC/C=C1\OC(=O)C2=C1CCCC2O. The Kier molecular flexibility index (Phi) is 2.91. The lowest BCUT2D eigenvalue weighted by Crippen LogP contribution is -2.19. The minimum absolute atomic E-state index is 0.348. The number of unbranched alkanes of at least 4 members (excludes halogenated alkanes) is 1. The van der Waals surface area contributed by atoms with Crippen LogP contribution in [0, 0.1) is 0 Å². The summed E-state index contributed by atoms with van der Waals surface area (Å²) in [7, 11) is 0. The van der Waals surface area contributed by atoms with Crippen molar-refractivity contribution >= 4 is 5.97 Å². The maximum absolute atomic E-state index is 11.5. The van der Waals surface area contributed by atoms with Crippen LogP contribution in [0.5, 0.6) is 0 Å². The molecule has 1 aliphatic heterocycles. The van der Waals surface area contributed by atoms with Crippen molar-refractivity contribution in [2.75, 3.05) is 0 Å². The maximum Gasteiger partial charge on any atom is 0.342 e. The lowest BCUT2D eigenvalue weighted by molar-refractivity contribution is -0.134. The number of aliphatic hydroxyl groups is 1. The Bertz CT molecular complexity index is 339. The highest BCUT2D eigenvalue weighted by Gasteiger charge is 2.36. The zero-order valence-electron chi connectivity index (χ0n) is 8.95. The third-order valence-electron chi connectivity index (χ3n) is 2.90. The van der Waals surface area contributed by atoms with E-state index in [0.717, 1.165) is 31.3 Å². The van der Waals surface area contributed by atoms with Crippen LogP contribution in [-0.4, -0.2) is 17.2 Å². The number of esters is 1. The molecule has 15 heavy (non-hydrogen) atoms. The minimum Gasteiger partial charge on any atom is -0.423 e. The molecule has 0 aromatic heterocycles. The van der Waals surface area contributed by atoms with Crippen LogP contribution in [0.15, 0.2) is 23.0 Å². The summed E-state index contributed by atoms with van der Waals surface area (Å²) in [6, 6.07) is 0. The highest BCUT2D eigenvalue weighted by atomic mass is 16.5. The van der Waals surface area contributed by atoms with Gasteiger partial charge < -0.3 is 9.84 Å². The highest BCUT2D eigenvalue weighted by molar-refractivity contribution is 5.95. The molecule has 1 heterocycles. The molecule has 82 valence electrons. The summed E-state index contributed by atoms with van der Waals surface area (Å²) in [6.45, 7) is 2.08. The van der Waals surface area contributed by atoms with E-state index < -0.39 is 6.10 Å². The molecule has 0 saturated carbocycles. The molecule has 0 radical (unpaired) electrons. The number of hydrogen-bond acceptors (Lipinski definition) is 3. The molecule has 0 amide bonds. The molecule has 3 heteroatoms. The largest absolute Gasteiger partial charge is 0.423 e. The number of cyclic esters (lactones) is 1. The zero-order valence-corrected chi connectivity index (χ0v) is 8.95. The van der Waals surface area contributed by atoms with Crippen molar-refractivity contribution in [3.05, 3.63) is 23.0 Å². The monoisotopic (exact) mass is 208 g/mol. The number of allylic oxidation sites excluding steroid dienone is 2. The van der Waals surface area contributed by atoms with E-state index in [9.17, 15) is 9.90 Å². The van der Waals surface area contributed by atoms with Crippen LogP contribution in [0.25, 0.3) is 0 Å². The van der Waals surface area contributed by atoms with Crippen LogP contribution in [0.3, 0.4) is 0 Å². The van der Waals surface area contributed by atoms with E-state index in [-0.39, 0.29) is 5.97 Å². The van der Waals surface area contributed by atoms with E-state index in [4.69, 9.17) is 4.74 Å². The van der Waals surface area contributed by atoms with E-state index in [2.05, 4.69) is 6.92 Å². The topological polar surface area (TPSA) is 46.5 Å². The lowest BCUT2D eigenvalue weighted by atomic mass is 9.90. The fourth-order valence-electron chi connectivity index (χ4n) is 2.12. The lowest BCUT2D eigenvalue weighted by Gasteiger charge is -2.16. The summed E-state index contributed by atoms with van der Waals surface area (Å²) < 4.78 is 5.17. The number of carbonyl (C=O) groups is 1. The standard InChI is InChI=1S/C12H16O3/c1-2-3-7-10-8-5-4-6-9(13)11(8)12(14)15-10/h7,9,13H,2-6H2,1H3/b10-7-. The van der Waals surface area contributed by atoms with Gasteiger partial charge in [-0.25, -0.2) is 4.79 Å². The van der Waals surface area contributed by atoms with Crippen molar-refractivity contribution in [1.29, 1.82) is 0 Å². The second kappa shape index (κ2) is 4.19. The van der Waals surface area contributed by atoms with Gasteiger partial charge in [0.25, 0.3) is 0 Å². The van der Waals surface area contributed by atoms with Crippen molar-refractivity contribution in [2.24, 2.45) is 0 Å². The number of ether oxygens (including phenoxy) is 1. The van der Waals surface area contributed by atoms with E-state index in [0.29, 0.717) is 17.8 Å². The molecule has 0 bridgehead atoms. The highest BCUT2D eigenvalue weighted by Crippen LogP contribution is 2.37. The van der Waals surface area contributed by atoms with E-state index in [1.165, 1.54) is 0 Å². The Morgan fingerprint density at radius 1 is 1.60 bits per heavy atom. The molecule has 0 fully saturated rings. The zero-order chi connectivity index (χ0) is 10.8. The van der Waals surface area contributed by atoms with Crippen molar-refractivity contribution < 1.29 is 14.6 Å². The van der Waals surface area contributed by atoms with Crippen molar-refractivity contribution in [3.63, 3.8) is 0 Å². The first kappa shape index (κ1) is 10.4. The first-order valence-electron chi connectivity index (χ1n) is 5.58. The fourth-order valence-corrected chi connectivity index (χ4v) is 2.12. The summed E-state index contributed by atoms with van der Waals surface area (Å²) in [5.74, 6) is 0.343. The van der Waals surface area contributed by atoms with Gasteiger partial charge in [-0.1, -0.05) is 13.3 Å². The molecular formula is C12H16O3. The van der Waals surface area contributed by atoms with Crippen molar-refractivity contribution in [3.8, 4) is 0 Å². The van der Waals surface area contributed by atoms with Gasteiger partial charge in [0.05, 0.1) is 11.7 Å². The minimum atomic E-state index is -0.617. The van der Waals surface area contributed by atoms with Crippen LogP contribution in [0.1, 0.15) is 39.0 Å². The van der Waals surface area contributed by atoms with E-state index in [1.807, 2.05) is 6.08 Å². The normalized spacial score (nSPS) is 28.3. The Hall–Kier alpha value is -1.09. The molecule has 2 rings (SSSR count). The average molecular weight is 208 g/mol. The second-order valence-corrected chi connectivity index (χ2v) is 4.05. The molecule has 2 aliphatic rings. The van der Waals surface area contributed by atoms with Gasteiger partial charge in [0.15, 0.2) is 0 Å². The number of carbonyl (C=O) groups excluding carboxylic acids is 1. The third kappa shape index (κ3) is 1.84. The molecular weight excluding hydrogens is 192 g/mol. The van der Waals surface area contributed by atoms with Gasteiger partial charge in [0.2, 0.25) is 0 Å². The Morgan fingerprint density at radius 2 is 2.40 bits per heavy atom. The summed E-state index contributed by atoms with van der Waals surface area (Å²) in [5.41, 5.74) is 1.44. The molecule has 3 nitrogen and oxygen atoms in total. The van der Waals surface area contributed by atoms with Gasteiger partial charge in [0.1, 0.15) is 5.76 Å². The predicted molar refractivity (Wildman–Crippen MR) is 56.0 cm³/mol. The third-order valence-corrected chi connectivity index (χ3v) is 2.90. The van der Waals surface area contributed by atoms with Gasteiger partial charge >= 0.3 is 5.97 Å². The molecule has 0 saturated heterocycles. The first-order valence-corrected chi connectivity index (χ1v) is 5.58. The van der Waals surface area contributed by atoms with Crippen LogP contribution >= 0.6 is 0 Å². The van der Waals surface area contributed by atoms with Crippen molar-refractivity contribution in [2.45, 2.75) is 45.1 Å². The molecule has 1 unspecified atom stereocenters. The van der Waals surface area contributed by atoms with Crippen LogP contribution < -0.4 is 0 Å². The molecule has 0 aromatic carbocycles. The fraction of sp³-hybridized carbons (Fsp3) is 0.583. The van der Waals surface area contributed by atoms with Gasteiger partial charge in [-0.05, 0) is 31.8 Å². The van der Waals surface area contributed by atoms with Crippen LogP contribution in [0.2, 0.25) is 0 Å². The summed E-state index contributed by atoms with van der Waals surface area (Å²) in [5, 5.41) is 9.71. The predicted octanol–water partition coefficient (Wildman–Crippen LogP) is 2.07. The summed E-state index contributed by atoms with van der Waals surface area (Å²) in [4.78, 5) is 11.5. The Labute approximate surface area is 89.4 Å². The molecule has 1 aliphatic carbocycles. The number of rotatable bonds is 2. The molecule has 1 N–H and O–H groups in total. The van der Waals surface area contributed by atoms with Crippen LogP contribution in [-0.2, 0) is 9.53 Å². The van der Waals surface area contributed by atoms with Gasteiger partial charge in [0, 0.05) is 5.57 Å². The van der Waals surface area contributed by atoms with E-state index in [1.54, 1.807) is 0 Å². The molecule has 1 atom stereocenters. The molecule has 0 aromatic rings. The van der Waals surface area contributed by atoms with Gasteiger partial charge in [-0.3, -0.25) is 0 Å². The average Bonchev–Trinajstić information content (AvgIpc) is 2.54. The Morgan fingerprint density at radius 3 is 3.13 bits per heavy atom. The van der Waals surface area contributed by atoms with Gasteiger partial charge in [-0.15, -0.1) is 0 Å². The second-order valence-electron chi connectivity index (χ2n) is 4.05. The smallest absolute Gasteiger partial charge is 0.342 e. The van der Waals surface area contributed by atoms with Crippen LogP contribution in [0.4, 0.5) is 0 Å². The summed E-state index contributed by atoms with van der Waals surface area (Å²) >= 11 is 0. The first-order chi connectivity index (χ1) is 7.24. The number of hydrogen-bond donors (Lipinski definition) is 1. The molecule has 0 spiro atoms. The summed E-state index contributed by atoms with van der Waals surface area (Å²) in [6.07, 6.45) is 5.75. The van der Waals surface area contributed by atoms with E-state index >= 15 is 0 Å². The van der Waals surface area contributed by atoms with Crippen molar-refractivity contribution in [1.82, 2.24) is 0 Å². The van der Waals surface area contributed by atoms with Gasteiger partial charge in [-0.2, -0.15) is 0 Å². The number of aliphatic hydroxyl groups excluding tert-OH is 1. The maximum atomic E-state index is 11.5.